The van der Waals surface area contributed by atoms with Crippen LogP contribution in [0.5, 0.6) is 0 Å². The minimum absolute atomic E-state index is 0.125. The van der Waals surface area contributed by atoms with Gasteiger partial charge in [-0.3, -0.25) is 0 Å². The summed E-state index contributed by atoms with van der Waals surface area (Å²) in [6.45, 7) is 4.60. The van der Waals surface area contributed by atoms with Crippen LogP contribution in [0.25, 0.3) is 44.5 Å². The zero-order valence-corrected chi connectivity index (χ0v) is 29.7. The molecular formula is C51H41N. The molecule has 0 bridgehead atoms. The molecule has 0 aliphatic rings. The molecule has 1 nitrogen and oxygen atoms in total. The predicted octanol–water partition coefficient (Wildman–Crippen LogP) is 14.2. The first-order valence-corrected chi connectivity index (χ1v) is 18.0. The van der Waals surface area contributed by atoms with E-state index in [-0.39, 0.29) is 5.41 Å². The van der Waals surface area contributed by atoms with Gasteiger partial charge in [0.25, 0.3) is 0 Å². The molecule has 0 saturated carbocycles. The minimum Gasteiger partial charge on any atom is -0.310 e. The van der Waals surface area contributed by atoms with Gasteiger partial charge in [0.1, 0.15) is 0 Å². The Balaban J connectivity index is 1.20. The van der Waals surface area contributed by atoms with Crippen LogP contribution in [0.2, 0.25) is 0 Å². The van der Waals surface area contributed by atoms with Gasteiger partial charge in [0.15, 0.2) is 0 Å². The zero-order valence-electron chi connectivity index (χ0n) is 29.7. The van der Waals surface area contributed by atoms with E-state index in [2.05, 4.69) is 231 Å². The monoisotopic (exact) mass is 667 g/mol. The van der Waals surface area contributed by atoms with Crippen molar-refractivity contribution in [2.24, 2.45) is 0 Å². The molecule has 0 fully saturated rings. The molecule has 0 radical (unpaired) electrons. The highest BCUT2D eigenvalue weighted by Gasteiger charge is 2.23. The lowest BCUT2D eigenvalue weighted by atomic mass is 9.78. The van der Waals surface area contributed by atoms with Crippen molar-refractivity contribution in [3.8, 4) is 44.5 Å². The molecule has 8 rings (SSSR count). The molecule has 0 aliphatic carbocycles. The summed E-state index contributed by atoms with van der Waals surface area (Å²) in [5, 5.41) is 0. The lowest BCUT2D eigenvalue weighted by Crippen LogP contribution is -2.19. The molecule has 0 spiro atoms. The SMILES string of the molecule is CC(C)(c1ccccc1)c1ccc(N(c2cccc(-c3ccc(-c4ccccc4)cc3)c2)c2cccc(-c3cccc(-c4ccccc4)c3)c2)cc1. The van der Waals surface area contributed by atoms with Crippen molar-refractivity contribution in [1.82, 2.24) is 0 Å². The molecule has 0 heterocycles. The second-order valence-corrected chi connectivity index (χ2v) is 13.9. The van der Waals surface area contributed by atoms with E-state index in [9.17, 15) is 0 Å². The summed E-state index contributed by atoms with van der Waals surface area (Å²) in [4.78, 5) is 2.38. The van der Waals surface area contributed by atoms with Gasteiger partial charge < -0.3 is 4.90 Å². The molecule has 0 aromatic heterocycles. The molecule has 8 aromatic carbocycles. The van der Waals surface area contributed by atoms with E-state index in [0.717, 1.165) is 17.1 Å². The number of hydrogen-bond acceptors (Lipinski definition) is 1. The molecule has 0 unspecified atom stereocenters. The lowest BCUT2D eigenvalue weighted by molar-refractivity contribution is 0.641. The van der Waals surface area contributed by atoms with Gasteiger partial charge in [-0.2, -0.15) is 0 Å². The summed E-state index contributed by atoms with van der Waals surface area (Å²) < 4.78 is 0. The number of benzene rings is 8. The van der Waals surface area contributed by atoms with Gasteiger partial charge in [0.05, 0.1) is 0 Å². The quantitative estimate of drug-likeness (QED) is 0.148. The van der Waals surface area contributed by atoms with Crippen LogP contribution in [-0.4, -0.2) is 0 Å². The van der Waals surface area contributed by atoms with Crippen molar-refractivity contribution in [1.29, 1.82) is 0 Å². The van der Waals surface area contributed by atoms with Crippen LogP contribution in [0.15, 0.2) is 212 Å². The Kier molecular flexibility index (Phi) is 9.08. The third-order valence-electron chi connectivity index (χ3n) is 10.2. The fourth-order valence-electron chi connectivity index (χ4n) is 7.14. The molecule has 0 N–H and O–H groups in total. The third-order valence-corrected chi connectivity index (χ3v) is 10.2. The van der Waals surface area contributed by atoms with Crippen LogP contribution in [0.1, 0.15) is 25.0 Å². The summed E-state index contributed by atoms with van der Waals surface area (Å²) in [5.74, 6) is 0. The minimum atomic E-state index is -0.125. The number of nitrogens with zero attached hydrogens (tertiary/aromatic N) is 1. The highest BCUT2D eigenvalue weighted by Crippen LogP contribution is 2.40. The topological polar surface area (TPSA) is 3.24 Å². The highest BCUT2D eigenvalue weighted by atomic mass is 15.1. The zero-order chi connectivity index (χ0) is 35.3. The predicted molar refractivity (Wildman–Crippen MR) is 221 cm³/mol. The van der Waals surface area contributed by atoms with Crippen molar-refractivity contribution in [3.05, 3.63) is 223 Å². The van der Waals surface area contributed by atoms with Crippen LogP contribution >= 0.6 is 0 Å². The molecule has 8 aromatic rings. The summed E-state index contributed by atoms with van der Waals surface area (Å²) >= 11 is 0. The maximum atomic E-state index is 2.38. The average Bonchev–Trinajstić information content (AvgIpc) is 3.22. The van der Waals surface area contributed by atoms with Crippen molar-refractivity contribution in [2.75, 3.05) is 4.90 Å². The van der Waals surface area contributed by atoms with Crippen molar-refractivity contribution in [2.45, 2.75) is 19.3 Å². The van der Waals surface area contributed by atoms with Gasteiger partial charge in [-0.05, 0) is 98.1 Å². The molecule has 0 saturated heterocycles. The largest absolute Gasteiger partial charge is 0.310 e. The van der Waals surface area contributed by atoms with E-state index in [1.165, 1.54) is 55.6 Å². The summed E-state index contributed by atoms with van der Waals surface area (Å²) in [6.07, 6.45) is 0. The Hall–Kier alpha value is -6.44. The van der Waals surface area contributed by atoms with E-state index >= 15 is 0 Å². The Morgan fingerprint density at radius 1 is 0.269 bits per heavy atom. The van der Waals surface area contributed by atoms with Crippen LogP contribution in [0.3, 0.4) is 0 Å². The van der Waals surface area contributed by atoms with Crippen LogP contribution < -0.4 is 4.90 Å². The average molecular weight is 668 g/mol. The summed E-state index contributed by atoms with van der Waals surface area (Å²) in [6, 6.07) is 76.6. The van der Waals surface area contributed by atoms with Gasteiger partial charge in [-0.1, -0.05) is 184 Å². The van der Waals surface area contributed by atoms with Gasteiger partial charge in [0, 0.05) is 22.5 Å². The molecule has 250 valence electrons. The van der Waals surface area contributed by atoms with E-state index in [0.29, 0.717) is 0 Å². The van der Waals surface area contributed by atoms with E-state index in [1.54, 1.807) is 0 Å². The molecular weight excluding hydrogens is 627 g/mol. The normalized spacial score (nSPS) is 11.3. The van der Waals surface area contributed by atoms with E-state index in [1.807, 2.05) is 0 Å². The van der Waals surface area contributed by atoms with Gasteiger partial charge in [-0.25, -0.2) is 0 Å². The molecule has 0 atom stereocenters. The van der Waals surface area contributed by atoms with Gasteiger partial charge in [-0.15, -0.1) is 0 Å². The fourth-order valence-corrected chi connectivity index (χ4v) is 7.14. The maximum Gasteiger partial charge on any atom is 0.0467 e. The molecule has 1 heteroatoms. The Bertz CT molecular complexity index is 2390. The first-order valence-electron chi connectivity index (χ1n) is 18.0. The van der Waals surface area contributed by atoms with Crippen molar-refractivity contribution in [3.63, 3.8) is 0 Å². The molecule has 0 amide bonds. The second kappa shape index (κ2) is 14.4. The first-order chi connectivity index (χ1) is 25.5. The number of hydrogen-bond donors (Lipinski definition) is 0. The third kappa shape index (κ3) is 6.82. The van der Waals surface area contributed by atoms with E-state index < -0.39 is 0 Å². The number of rotatable bonds is 9. The van der Waals surface area contributed by atoms with Gasteiger partial charge in [0.2, 0.25) is 0 Å². The molecule has 0 aliphatic heterocycles. The van der Waals surface area contributed by atoms with Crippen LogP contribution in [0, 0.1) is 0 Å². The number of anilines is 3. The summed E-state index contributed by atoms with van der Waals surface area (Å²) in [7, 11) is 0. The van der Waals surface area contributed by atoms with Crippen molar-refractivity contribution < 1.29 is 0 Å². The first kappa shape index (κ1) is 32.7. The molecule has 52 heavy (non-hydrogen) atoms. The Morgan fingerprint density at radius 3 is 1.15 bits per heavy atom. The summed E-state index contributed by atoms with van der Waals surface area (Å²) in [5.41, 5.74) is 15.4. The Morgan fingerprint density at radius 2 is 0.615 bits per heavy atom. The lowest BCUT2D eigenvalue weighted by Gasteiger charge is -2.29. The van der Waals surface area contributed by atoms with Crippen LogP contribution in [0.4, 0.5) is 17.1 Å². The highest BCUT2D eigenvalue weighted by molar-refractivity contribution is 5.83. The van der Waals surface area contributed by atoms with Gasteiger partial charge >= 0.3 is 0 Å². The maximum absolute atomic E-state index is 2.38. The smallest absolute Gasteiger partial charge is 0.0467 e. The second-order valence-electron chi connectivity index (χ2n) is 13.9. The van der Waals surface area contributed by atoms with E-state index in [4.69, 9.17) is 0 Å². The standard InChI is InChI=1S/C51H41N/c1-51(2,46-23-10-5-11-24-46)47-31-33-48(34-32-47)52(49-25-13-21-44(36-49)41-29-27-40(28-30-41)38-15-6-3-7-16-38)50-26-14-22-45(37-50)43-20-12-19-42(35-43)39-17-8-4-9-18-39/h3-37H,1-2H3. The van der Waals surface area contributed by atoms with Crippen molar-refractivity contribution >= 4 is 17.1 Å². The fraction of sp³-hybridized carbons (Fsp3) is 0.0588. The Labute approximate surface area is 308 Å². The van der Waals surface area contributed by atoms with Crippen LogP contribution in [-0.2, 0) is 5.41 Å².